The SMILES string of the molecule is CC(=O)N1CCC(CC(=O)N2CCN(C(c3ccc(Cl)cc3)c3cc4ccccc4s3)CC2C)CC1. The fourth-order valence-corrected chi connectivity index (χ4v) is 7.10. The van der Waals surface area contributed by atoms with Crippen LogP contribution in [0.25, 0.3) is 10.1 Å². The largest absolute Gasteiger partial charge is 0.343 e. The minimum atomic E-state index is 0.135. The van der Waals surface area contributed by atoms with E-state index in [1.807, 2.05) is 28.4 Å². The van der Waals surface area contributed by atoms with Crippen LogP contribution in [-0.4, -0.2) is 65.3 Å². The number of fused-ring (bicyclic) bond motifs is 1. The summed E-state index contributed by atoms with van der Waals surface area (Å²) in [5, 5.41) is 2.01. The molecule has 36 heavy (non-hydrogen) atoms. The molecule has 2 fully saturated rings. The second-order valence-electron chi connectivity index (χ2n) is 10.2. The van der Waals surface area contributed by atoms with E-state index in [9.17, 15) is 9.59 Å². The smallest absolute Gasteiger partial charge is 0.223 e. The molecule has 2 saturated heterocycles. The number of halogens is 1. The minimum absolute atomic E-state index is 0.135. The fraction of sp³-hybridized carbons (Fsp3) is 0.448. The summed E-state index contributed by atoms with van der Waals surface area (Å²) in [6.45, 7) is 7.75. The first-order valence-electron chi connectivity index (χ1n) is 12.9. The minimum Gasteiger partial charge on any atom is -0.343 e. The molecule has 1 aromatic heterocycles. The molecule has 190 valence electrons. The molecular formula is C29H34ClN3O2S. The van der Waals surface area contributed by atoms with Crippen molar-refractivity contribution < 1.29 is 9.59 Å². The van der Waals surface area contributed by atoms with E-state index in [0.29, 0.717) is 12.3 Å². The van der Waals surface area contributed by atoms with Crippen LogP contribution in [0.15, 0.2) is 54.6 Å². The number of carbonyl (C=O) groups excluding carboxylic acids is 2. The third kappa shape index (κ3) is 5.46. The third-order valence-corrected chi connectivity index (χ3v) is 9.19. The lowest BCUT2D eigenvalue weighted by atomic mass is 9.92. The summed E-state index contributed by atoms with van der Waals surface area (Å²) < 4.78 is 1.30. The number of benzene rings is 2. The zero-order chi connectivity index (χ0) is 25.2. The van der Waals surface area contributed by atoms with Gasteiger partial charge in [0.15, 0.2) is 0 Å². The molecule has 0 aliphatic carbocycles. The van der Waals surface area contributed by atoms with Crippen LogP contribution in [0.3, 0.4) is 0 Å². The summed E-state index contributed by atoms with van der Waals surface area (Å²) >= 11 is 8.07. The van der Waals surface area contributed by atoms with E-state index in [0.717, 1.165) is 50.6 Å². The average Bonchev–Trinajstić information content (AvgIpc) is 3.29. The van der Waals surface area contributed by atoms with Gasteiger partial charge in [-0.15, -0.1) is 11.3 Å². The summed E-state index contributed by atoms with van der Waals surface area (Å²) in [7, 11) is 0. The maximum Gasteiger partial charge on any atom is 0.223 e. The molecule has 7 heteroatoms. The van der Waals surface area contributed by atoms with Crippen LogP contribution in [0.2, 0.25) is 5.02 Å². The number of nitrogens with zero attached hydrogens (tertiary/aromatic N) is 3. The van der Waals surface area contributed by atoms with Gasteiger partial charge in [-0.3, -0.25) is 14.5 Å². The van der Waals surface area contributed by atoms with Gasteiger partial charge in [-0.25, -0.2) is 0 Å². The molecule has 2 amide bonds. The Hall–Kier alpha value is -2.41. The van der Waals surface area contributed by atoms with Crippen LogP contribution in [0.1, 0.15) is 49.6 Å². The van der Waals surface area contributed by atoms with Gasteiger partial charge in [0.05, 0.1) is 6.04 Å². The number of carbonyl (C=O) groups is 2. The Morgan fingerprint density at radius 1 is 1.03 bits per heavy atom. The van der Waals surface area contributed by atoms with E-state index < -0.39 is 0 Å². The Labute approximate surface area is 222 Å². The van der Waals surface area contributed by atoms with Crippen molar-refractivity contribution in [1.29, 1.82) is 0 Å². The van der Waals surface area contributed by atoms with Gasteiger partial charge in [0.1, 0.15) is 0 Å². The third-order valence-electron chi connectivity index (χ3n) is 7.77. The van der Waals surface area contributed by atoms with E-state index in [1.54, 1.807) is 6.92 Å². The van der Waals surface area contributed by atoms with Crippen molar-refractivity contribution in [1.82, 2.24) is 14.7 Å². The van der Waals surface area contributed by atoms with Gasteiger partial charge in [0.2, 0.25) is 11.8 Å². The Morgan fingerprint density at radius 3 is 2.42 bits per heavy atom. The number of piperazine rings is 1. The number of rotatable bonds is 5. The maximum atomic E-state index is 13.3. The van der Waals surface area contributed by atoms with Gasteiger partial charge >= 0.3 is 0 Å². The molecule has 0 N–H and O–H groups in total. The van der Waals surface area contributed by atoms with E-state index >= 15 is 0 Å². The first kappa shape index (κ1) is 25.2. The fourth-order valence-electron chi connectivity index (χ4n) is 5.74. The summed E-state index contributed by atoms with van der Waals surface area (Å²) in [5.74, 6) is 0.769. The molecule has 2 unspecified atom stereocenters. The lowest BCUT2D eigenvalue weighted by Gasteiger charge is -2.44. The molecular weight excluding hydrogens is 490 g/mol. The normalized spacial score (nSPS) is 20.6. The van der Waals surface area contributed by atoms with Crippen LogP contribution in [0.4, 0.5) is 0 Å². The van der Waals surface area contributed by atoms with Crippen molar-refractivity contribution in [3.63, 3.8) is 0 Å². The lowest BCUT2D eigenvalue weighted by Crippen LogP contribution is -2.55. The van der Waals surface area contributed by atoms with Gasteiger partial charge < -0.3 is 9.80 Å². The molecule has 3 heterocycles. The highest BCUT2D eigenvalue weighted by molar-refractivity contribution is 7.19. The number of likely N-dealkylation sites (tertiary alicyclic amines) is 1. The monoisotopic (exact) mass is 523 g/mol. The molecule has 0 saturated carbocycles. The van der Waals surface area contributed by atoms with Crippen molar-refractivity contribution in [3.05, 3.63) is 70.1 Å². The molecule has 2 aliphatic heterocycles. The second kappa shape index (κ2) is 10.9. The van der Waals surface area contributed by atoms with Gasteiger partial charge in [0, 0.05) is 66.7 Å². The van der Waals surface area contributed by atoms with Gasteiger partial charge in [-0.1, -0.05) is 41.9 Å². The Kier molecular flexibility index (Phi) is 7.65. The predicted octanol–water partition coefficient (Wildman–Crippen LogP) is 5.83. The quantitative estimate of drug-likeness (QED) is 0.423. The summed E-state index contributed by atoms with van der Waals surface area (Å²) in [4.78, 5) is 32.7. The van der Waals surface area contributed by atoms with E-state index in [4.69, 9.17) is 11.6 Å². The lowest BCUT2D eigenvalue weighted by molar-refractivity contribution is -0.137. The van der Waals surface area contributed by atoms with Crippen molar-refractivity contribution in [3.8, 4) is 0 Å². The van der Waals surface area contributed by atoms with E-state index in [2.05, 4.69) is 59.2 Å². The first-order chi connectivity index (χ1) is 17.4. The summed E-state index contributed by atoms with van der Waals surface area (Å²) in [5.41, 5.74) is 1.23. The van der Waals surface area contributed by atoms with Crippen LogP contribution in [0.5, 0.6) is 0 Å². The molecule has 2 aliphatic rings. The zero-order valence-corrected chi connectivity index (χ0v) is 22.6. The Bertz CT molecular complexity index is 1190. The molecule has 0 radical (unpaired) electrons. The van der Waals surface area contributed by atoms with Gasteiger partial charge in [-0.2, -0.15) is 0 Å². The highest BCUT2D eigenvalue weighted by Crippen LogP contribution is 2.38. The first-order valence-corrected chi connectivity index (χ1v) is 14.1. The Morgan fingerprint density at radius 2 is 1.75 bits per heavy atom. The van der Waals surface area contributed by atoms with Crippen molar-refractivity contribution in [2.75, 3.05) is 32.7 Å². The molecule has 2 atom stereocenters. The second-order valence-corrected chi connectivity index (χ2v) is 11.8. The van der Waals surface area contributed by atoms with Crippen LogP contribution < -0.4 is 0 Å². The van der Waals surface area contributed by atoms with Gasteiger partial charge in [0.25, 0.3) is 0 Å². The molecule has 5 rings (SSSR count). The number of amides is 2. The maximum absolute atomic E-state index is 13.3. The van der Waals surface area contributed by atoms with Crippen molar-refractivity contribution in [2.24, 2.45) is 5.92 Å². The number of piperidine rings is 1. The number of hydrogen-bond acceptors (Lipinski definition) is 4. The Balaban J connectivity index is 1.29. The van der Waals surface area contributed by atoms with Crippen molar-refractivity contribution >= 4 is 44.8 Å². The highest BCUT2D eigenvalue weighted by Gasteiger charge is 2.34. The number of hydrogen-bond donors (Lipinski definition) is 0. The van der Waals surface area contributed by atoms with E-state index in [1.165, 1.54) is 20.5 Å². The number of thiophene rings is 1. The molecule has 0 spiro atoms. The van der Waals surface area contributed by atoms with Crippen molar-refractivity contribution in [2.45, 2.75) is 45.2 Å². The highest BCUT2D eigenvalue weighted by atomic mass is 35.5. The van der Waals surface area contributed by atoms with Crippen LogP contribution in [0, 0.1) is 5.92 Å². The standard InChI is InChI=1S/C29H34ClN3O2S/c1-20-19-32(15-16-33(20)28(35)17-22-11-13-31(14-12-22)21(2)34)29(23-7-9-25(30)10-8-23)27-18-24-5-3-4-6-26(24)36-27/h3-10,18,20,22,29H,11-17,19H2,1-2H3. The van der Waals surface area contributed by atoms with Gasteiger partial charge in [-0.05, 0) is 60.9 Å². The molecule has 0 bridgehead atoms. The predicted molar refractivity (Wildman–Crippen MR) is 147 cm³/mol. The zero-order valence-electron chi connectivity index (χ0n) is 21.0. The summed E-state index contributed by atoms with van der Waals surface area (Å²) in [6, 6.07) is 19.3. The van der Waals surface area contributed by atoms with Crippen LogP contribution >= 0.6 is 22.9 Å². The molecule has 5 nitrogen and oxygen atoms in total. The summed E-state index contributed by atoms with van der Waals surface area (Å²) in [6.07, 6.45) is 2.43. The average molecular weight is 524 g/mol. The molecule has 2 aromatic carbocycles. The van der Waals surface area contributed by atoms with Crippen LogP contribution in [-0.2, 0) is 9.59 Å². The molecule has 3 aromatic rings. The van der Waals surface area contributed by atoms with E-state index in [-0.39, 0.29) is 23.9 Å². The topological polar surface area (TPSA) is 43.9 Å².